The van der Waals surface area contributed by atoms with Gasteiger partial charge in [0.25, 0.3) is 11.8 Å². The van der Waals surface area contributed by atoms with Crippen LogP contribution in [0.1, 0.15) is 29.8 Å². The molecule has 9 nitrogen and oxygen atoms in total. The van der Waals surface area contributed by atoms with Gasteiger partial charge in [0, 0.05) is 20.1 Å². The Kier molecular flexibility index (Phi) is 8.48. The summed E-state index contributed by atoms with van der Waals surface area (Å²) in [6.45, 7) is 4.50. The van der Waals surface area contributed by atoms with Gasteiger partial charge in [0.1, 0.15) is 18.1 Å². The first-order valence-corrected chi connectivity index (χ1v) is 11.2. The number of ether oxygens (including phenoxy) is 4. The van der Waals surface area contributed by atoms with Crippen LogP contribution in [0.25, 0.3) is 0 Å². The van der Waals surface area contributed by atoms with E-state index in [9.17, 15) is 14.4 Å². The van der Waals surface area contributed by atoms with Crippen molar-refractivity contribution in [2.24, 2.45) is 0 Å². The van der Waals surface area contributed by atoms with E-state index in [1.165, 1.54) is 7.05 Å². The molecule has 2 aromatic rings. The van der Waals surface area contributed by atoms with Crippen LogP contribution in [0.4, 0.5) is 0 Å². The summed E-state index contributed by atoms with van der Waals surface area (Å²) >= 11 is 0. The van der Waals surface area contributed by atoms with Gasteiger partial charge < -0.3 is 29.2 Å². The number of likely N-dealkylation sites (N-methyl/N-ethyl adjacent to an activating group) is 1. The van der Waals surface area contributed by atoms with Gasteiger partial charge in [0.2, 0.25) is 5.60 Å². The van der Waals surface area contributed by atoms with Crippen molar-refractivity contribution in [1.29, 1.82) is 0 Å². The zero-order chi connectivity index (χ0) is 24.6. The van der Waals surface area contributed by atoms with Gasteiger partial charge in [-0.15, -0.1) is 0 Å². The van der Waals surface area contributed by atoms with Crippen molar-refractivity contribution in [2.75, 3.05) is 40.1 Å². The first-order chi connectivity index (χ1) is 16.4. The molecule has 0 aromatic heterocycles. The Morgan fingerprint density at radius 1 is 1.09 bits per heavy atom. The van der Waals surface area contributed by atoms with Gasteiger partial charge in [-0.3, -0.25) is 9.59 Å². The molecule has 1 aliphatic rings. The maximum absolute atomic E-state index is 12.6. The highest BCUT2D eigenvalue weighted by Crippen LogP contribution is 2.25. The molecule has 0 saturated carbocycles. The third-order valence-electron chi connectivity index (χ3n) is 5.38. The molecule has 3 rings (SSSR count). The molecule has 0 radical (unpaired) electrons. The van der Waals surface area contributed by atoms with Crippen molar-refractivity contribution in [3.05, 3.63) is 59.7 Å². The minimum Gasteiger partial charge on any atom is -0.492 e. The second-order valence-electron chi connectivity index (χ2n) is 7.57. The van der Waals surface area contributed by atoms with Gasteiger partial charge >= 0.3 is 5.97 Å². The average Bonchev–Trinajstić information content (AvgIpc) is 2.86. The Hall–Kier alpha value is -3.59. The quantitative estimate of drug-likeness (QED) is 0.397. The van der Waals surface area contributed by atoms with Crippen LogP contribution in [0.15, 0.2) is 48.5 Å². The van der Waals surface area contributed by atoms with E-state index in [1.54, 1.807) is 61.2 Å². The highest BCUT2D eigenvalue weighted by Gasteiger charge is 2.48. The molecule has 2 amide bonds. The Balaban J connectivity index is 1.61. The van der Waals surface area contributed by atoms with Crippen LogP contribution in [0.5, 0.6) is 11.5 Å². The molecule has 1 N–H and O–H groups in total. The lowest BCUT2D eigenvalue weighted by atomic mass is 9.93. The lowest BCUT2D eigenvalue weighted by Crippen LogP contribution is -2.56. The zero-order valence-electron chi connectivity index (χ0n) is 19.7. The molecule has 1 heterocycles. The van der Waals surface area contributed by atoms with Crippen molar-refractivity contribution in [3.63, 3.8) is 0 Å². The average molecular weight is 471 g/mol. The van der Waals surface area contributed by atoms with Gasteiger partial charge in [-0.1, -0.05) is 24.3 Å². The van der Waals surface area contributed by atoms with Crippen LogP contribution in [-0.2, 0) is 25.5 Å². The maximum Gasteiger partial charge on any atom is 0.348 e. The van der Waals surface area contributed by atoms with Crippen LogP contribution >= 0.6 is 0 Å². The maximum atomic E-state index is 12.6. The topological polar surface area (TPSA) is 103 Å². The number of hydrogen-bond donors (Lipinski definition) is 1. The van der Waals surface area contributed by atoms with Gasteiger partial charge in [-0.25, -0.2) is 4.79 Å². The van der Waals surface area contributed by atoms with Crippen LogP contribution in [0, 0.1) is 0 Å². The first-order valence-electron chi connectivity index (χ1n) is 11.2. The predicted octanol–water partition coefficient (Wildman–Crippen LogP) is 2.18. The first kappa shape index (κ1) is 25.0. The summed E-state index contributed by atoms with van der Waals surface area (Å²) in [4.78, 5) is 39.4. The lowest BCUT2D eigenvalue weighted by molar-refractivity contribution is -0.177. The predicted molar refractivity (Wildman–Crippen MR) is 124 cm³/mol. The summed E-state index contributed by atoms with van der Waals surface area (Å²) in [5.74, 6) is -0.216. The Morgan fingerprint density at radius 2 is 1.82 bits per heavy atom. The number of carbonyl (C=O) groups is 3. The van der Waals surface area contributed by atoms with Crippen molar-refractivity contribution in [1.82, 2.24) is 10.2 Å². The molecule has 0 spiro atoms. The summed E-state index contributed by atoms with van der Waals surface area (Å²) in [5.41, 5.74) is -0.533. The van der Waals surface area contributed by atoms with Gasteiger partial charge in [0.15, 0.2) is 6.73 Å². The number of esters is 1. The summed E-state index contributed by atoms with van der Waals surface area (Å²) in [7, 11) is 1.45. The molecule has 2 aromatic carbocycles. The lowest BCUT2D eigenvalue weighted by Gasteiger charge is -2.29. The molecular weight excluding hydrogens is 440 g/mol. The largest absolute Gasteiger partial charge is 0.492 e. The van der Waals surface area contributed by atoms with E-state index < -0.39 is 17.5 Å². The molecule has 1 unspecified atom stereocenters. The normalized spacial score (nSPS) is 14.4. The van der Waals surface area contributed by atoms with E-state index in [1.807, 2.05) is 6.07 Å². The Labute approximate surface area is 198 Å². The van der Waals surface area contributed by atoms with E-state index in [4.69, 9.17) is 18.9 Å². The molecule has 0 fully saturated rings. The molecule has 0 aliphatic carbocycles. The highest BCUT2D eigenvalue weighted by molar-refractivity contribution is 6.06. The van der Waals surface area contributed by atoms with E-state index in [-0.39, 0.29) is 38.9 Å². The van der Waals surface area contributed by atoms with Crippen molar-refractivity contribution >= 4 is 17.8 Å². The smallest absolute Gasteiger partial charge is 0.348 e. The van der Waals surface area contributed by atoms with Crippen LogP contribution in [0.3, 0.4) is 0 Å². The van der Waals surface area contributed by atoms with E-state index in [0.717, 1.165) is 0 Å². The fraction of sp³-hybridized carbons (Fsp3) is 0.400. The van der Waals surface area contributed by atoms with Crippen molar-refractivity contribution < 1.29 is 33.3 Å². The minimum absolute atomic E-state index is 0.0126. The monoisotopic (exact) mass is 470 g/mol. The number of para-hydroxylation sites is 1. The minimum atomic E-state index is -1.77. The number of hydrogen-bond acceptors (Lipinski definition) is 7. The van der Waals surface area contributed by atoms with Gasteiger partial charge in [-0.2, -0.15) is 0 Å². The van der Waals surface area contributed by atoms with Crippen LogP contribution in [-0.4, -0.2) is 68.4 Å². The molecule has 0 saturated heterocycles. The second-order valence-corrected chi connectivity index (χ2v) is 7.57. The van der Waals surface area contributed by atoms with Crippen LogP contribution in [0.2, 0.25) is 0 Å². The Bertz CT molecular complexity index is 1010. The number of nitrogens with zero attached hydrogens (tertiary/aromatic N) is 1. The van der Waals surface area contributed by atoms with Crippen molar-refractivity contribution in [2.45, 2.75) is 25.9 Å². The third-order valence-corrected chi connectivity index (χ3v) is 5.38. The molecule has 1 aliphatic heterocycles. The molecule has 0 bridgehead atoms. The summed E-state index contributed by atoms with van der Waals surface area (Å²) < 4.78 is 22.2. The Morgan fingerprint density at radius 3 is 2.50 bits per heavy atom. The molecule has 1 atom stereocenters. The summed E-state index contributed by atoms with van der Waals surface area (Å²) in [6, 6.07) is 14.1. The number of benzene rings is 2. The number of nitrogens with one attached hydrogen (secondary N) is 1. The summed E-state index contributed by atoms with van der Waals surface area (Å²) in [6.07, 6.45) is 0.0126. The van der Waals surface area contributed by atoms with Crippen LogP contribution < -0.4 is 14.8 Å². The number of amides is 2. The fourth-order valence-electron chi connectivity index (χ4n) is 3.69. The molecule has 182 valence electrons. The summed E-state index contributed by atoms with van der Waals surface area (Å²) in [5, 5.41) is 2.50. The number of rotatable bonds is 11. The van der Waals surface area contributed by atoms with E-state index in [0.29, 0.717) is 29.2 Å². The number of carbonyl (C=O) groups excluding carboxylic acids is 3. The standard InChI is InChI=1S/C25H30N2O7/c1-4-31-24(30)25(34-5-2,23(29)26-3)16-18-10-12-19(13-11-18)32-15-14-27-17-33-21-9-7-6-8-20(21)22(27)28/h6-13H,4-5,14-17H2,1-3H3,(H,26,29). The molecular formula is C25H30N2O7. The van der Waals surface area contributed by atoms with Gasteiger partial charge in [-0.05, 0) is 43.7 Å². The van der Waals surface area contributed by atoms with Gasteiger partial charge in [0.05, 0.1) is 18.7 Å². The van der Waals surface area contributed by atoms with E-state index in [2.05, 4.69) is 5.32 Å². The third kappa shape index (κ3) is 5.48. The number of fused-ring (bicyclic) bond motifs is 1. The molecule has 9 heteroatoms. The SMILES string of the molecule is CCOC(=O)C(Cc1ccc(OCCN2COc3ccccc3C2=O)cc1)(OCC)C(=O)NC. The second kappa shape index (κ2) is 11.5. The fourth-order valence-corrected chi connectivity index (χ4v) is 3.69. The molecule has 34 heavy (non-hydrogen) atoms. The van der Waals surface area contributed by atoms with E-state index >= 15 is 0 Å². The highest BCUT2D eigenvalue weighted by atomic mass is 16.6. The zero-order valence-corrected chi connectivity index (χ0v) is 19.7. The van der Waals surface area contributed by atoms with Crippen molar-refractivity contribution in [3.8, 4) is 11.5 Å².